The van der Waals surface area contributed by atoms with Crippen LogP contribution < -0.4 is 9.47 Å². The standard InChI is InChI=1S/C22H23N3O3S/c1-27-15-9-10-20(28-2)17(12-15)19-8-5-11-25(19)21(26)13-29-22-16-6-3-4-7-18(16)23-14-24-22/h3-4,6-7,9-10,12,14,19H,5,8,11,13H2,1-2H3/t19-/m1/s1. The Morgan fingerprint density at radius 2 is 2.03 bits per heavy atom. The van der Waals surface area contributed by atoms with E-state index in [1.165, 1.54) is 11.8 Å². The van der Waals surface area contributed by atoms with Crippen LogP contribution in [-0.4, -0.2) is 47.3 Å². The molecule has 0 N–H and O–H groups in total. The fraction of sp³-hybridized carbons (Fsp3) is 0.318. The van der Waals surface area contributed by atoms with Crippen molar-refractivity contribution < 1.29 is 14.3 Å². The van der Waals surface area contributed by atoms with Crippen molar-refractivity contribution in [2.45, 2.75) is 23.9 Å². The second-order valence-corrected chi connectivity index (χ2v) is 7.80. The summed E-state index contributed by atoms with van der Waals surface area (Å²) < 4.78 is 10.9. The van der Waals surface area contributed by atoms with Gasteiger partial charge in [0.25, 0.3) is 0 Å². The molecule has 4 rings (SSSR count). The molecule has 1 aliphatic heterocycles. The third-order valence-electron chi connectivity index (χ3n) is 5.21. The molecule has 1 aromatic heterocycles. The van der Waals surface area contributed by atoms with Gasteiger partial charge in [0.2, 0.25) is 5.91 Å². The van der Waals surface area contributed by atoms with Crippen LogP contribution in [0.1, 0.15) is 24.4 Å². The van der Waals surface area contributed by atoms with Crippen molar-refractivity contribution in [3.8, 4) is 11.5 Å². The van der Waals surface area contributed by atoms with Crippen molar-refractivity contribution in [2.24, 2.45) is 0 Å². The second-order valence-electron chi connectivity index (χ2n) is 6.84. The lowest BCUT2D eigenvalue weighted by Gasteiger charge is -2.26. The maximum Gasteiger partial charge on any atom is 0.233 e. The van der Waals surface area contributed by atoms with Crippen molar-refractivity contribution in [1.82, 2.24) is 14.9 Å². The van der Waals surface area contributed by atoms with E-state index in [1.54, 1.807) is 20.5 Å². The predicted molar refractivity (Wildman–Crippen MR) is 113 cm³/mol. The number of carbonyl (C=O) groups is 1. The van der Waals surface area contributed by atoms with E-state index in [0.717, 1.165) is 52.4 Å². The molecule has 2 heterocycles. The van der Waals surface area contributed by atoms with Gasteiger partial charge >= 0.3 is 0 Å². The highest BCUT2D eigenvalue weighted by atomic mass is 32.2. The molecule has 29 heavy (non-hydrogen) atoms. The smallest absolute Gasteiger partial charge is 0.233 e. The Morgan fingerprint density at radius 3 is 2.86 bits per heavy atom. The molecule has 0 bridgehead atoms. The number of fused-ring (bicyclic) bond motifs is 1. The molecule has 0 unspecified atom stereocenters. The van der Waals surface area contributed by atoms with Crippen molar-refractivity contribution in [2.75, 3.05) is 26.5 Å². The third kappa shape index (κ3) is 4.00. The lowest BCUT2D eigenvalue weighted by molar-refractivity contribution is -0.129. The zero-order chi connectivity index (χ0) is 20.2. The first-order chi connectivity index (χ1) is 14.2. The molecule has 1 amide bonds. The maximum absolute atomic E-state index is 13.1. The first-order valence-electron chi connectivity index (χ1n) is 9.55. The van der Waals surface area contributed by atoms with E-state index < -0.39 is 0 Å². The van der Waals surface area contributed by atoms with Crippen LogP contribution in [0.15, 0.2) is 53.8 Å². The quantitative estimate of drug-likeness (QED) is 0.451. The van der Waals surface area contributed by atoms with Crippen LogP contribution >= 0.6 is 11.8 Å². The first kappa shape index (κ1) is 19.5. The van der Waals surface area contributed by atoms with Gasteiger partial charge in [-0.15, -0.1) is 0 Å². The summed E-state index contributed by atoms with van der Waals surface area (Å²) in [6.45, 7) is 0.745. The summed E-state index contributed by atoms with van der Waals surface area (Å²) in [5.74, 6) is 1.99. The zero-order valence-electron chi connectivity index (χ0n) is 16.5. The molecule has 2 aromatic carbocycles. The molecule has 1 atom stereocenters. The summed E-state index contributed by atoms with van der Waals surface area (Å²) in [6.07, 6.45) is 3.43. The van der Waals surface area contributed by atoms with Crippen LogP contribution in [0.4, 0.5) is 0 Å². The van der Waals surface area contributed by atoms with E-state index in [9.17, 15) is 4.79 Å². The van der Waals surface area contributed by atoms with Crippen molar-refractivity contribution in [3.05, 3.63) is 54.4 Å². The number of methoxy groups -OCH3 is 2. The van der Waals surface area contributed by atoms with Crippen molar-refractivity contribution in [3.63, 3.8) is 0 Å². The van der Waals surface area contributed by atoms with E-state index in [2.05, 4.69) is 9.97 Å². The highest BCUT2D eigenvalue weighted by molar-refractivity contribution is 8.00. The number of carbonyl (C=O) groups excluding carboxylic acids is 1. The number of rotatable bonds is 6. The average Bonchev–Trinajstić information content (AvgIpc) is 3.26. The van der Waals surface area contributed by atoms with Gasteiger partial charge < -0.3 is 14.4 Å². The van der Waals surface area contributed by atoms with Gasteiger partial charge in [-0.05, 0) is 37.1 Å². The fourth-order valence-electron chi connectivity index (χ4n) is 3.80. The van der Waals surface area contributed by atoms with Crippen LogP contribution in [0.2, 0.25) is 0 Å². The normalized spacial score (nSPS) is 16.2. The lowest BCUT2D eigenvalue weighted by atomic mass is 10.0. The summed E-state index contributed by atoms with van der Waals surface area (Å²) >= 11 is 1.46. The van der Waals surface area contributed by atoms with E-state index in [4.69, 9.17) is 9.47 Å². The number of hydrogen-bond acceptors (Lipinski definition) is 6. The minimum absolute atomic E-state index is 0.00436. The molecule has 0 saturated carbocycles. The summed E-state index contributed by atoms with van der Waals surface area (Å²) in [5, 5.41) is 1.80. The number of likely N-dealkylation sites (tertiary alicyclic amines) is 1. The minimum atomic E-state index is -0.00436. The van der Waals surface area contributed by atoms with Gasteiger partial charge in [0, 0.05) is 17.5 Å². The number of ether oxygens (including phenoxy) is 2. The Hall–Kier alpha value is -2.80. The highest BCUT2D eigenvalue weighted by Crippen LogP contribution is 2.39. The maximum atomic E-state index is 13.1. The highest BCUT2D eigenvalue weighted by Gasteiger charge is 2.32. The lowest BCUT2D eigenvalue weighted by Crippen LogP contribution is -2.32. The van der Waals surface area contributed by atoms with E-state index in [-0.39, 0.29) is 11.9 Å². The molecule has 7 heteroatoms. The number of aromatic nitrogens is 2. The molecule has 6 nitrogen and oxygen atoms in total. The van der Waals surface area contributed by atoms with E-state index >= 15 is 0 Å². The van der Waals surface area contributed by atoms with Crippen LogP contribution in [0, 0.1) is 0 Å². The van der Waals surface area contributed by atoms with Gasteiger partial charge in [-0.1, -0.05) is 30.0 Å². The Bertz CT molecular complexity index is 1020. The number of thioether (sulfide) groups is 1. The number of amides is 1. The molecular weight excluding hydrogens is 386 g/mol. The van der Waals surface area contributed by atoms with Crippen LogP contribution in [-0.2, 0) is 4.79 Å². The Morgan fingerprint density at radius 1 is 1.17 bits per heavy atom. The molecule has 3 aromatic rings. The zero-order valence-corrected chi connectivity index (χ0v) is 17.3. The second kappa shape index (κ2) is 8.69. The molecule has 0 radical (unpaired) electrons. The van der Waals surface area contributed by atoms with Crippen LogP contribution in [0.5, 0.6) is 11.5 Å². The van der Waals surface area contributed by atoms with Crippen LogP contribution in [0.25, 0.3) is 10.9 Å². The largest absolute Gasteiger partial charge is 0.497 e. The molecule has 0 aliphatic carbocycles. The van der Waals surface area contributed by atoms with Gasteiger partial charge in [0.05, 0.1) is 31.5 Å². The number of nitrogens with zero attached hydrogens (tertiary/aromatic N) is 3. The summed E-state index contributed by atoms with van der Waals surface area (Å²) in [6, 6.07) is 13.6. The first-order valence-corrected chi connectivity index (χ1v) is 10.5. The van der Waals surface area contributed by atoms with E-state index in [0.29, 0.717) is 5.75 Å². The Balaban J connectivity index is 1.53. The minimum Gasteiger partial charge on any atom is -0.497 e. The van der Waals surface area contributed by atoms with Crippen LogP contribution in [0.3, 0.4) is 0 Å². The molecule has 0 spiro atoms. The van der Waals surface area contributed by atoms with E-state index in [1.807, 2.05) is 47.4 Å². The predicted octanol–water partition coefficient (Wildman–Crippen LogP) is 4.10. The van der Waals surface area contributed by atoms with Gasteiger partial charge in [-0.25, -0.2) is 9.97 Å². The number of hydrogen-bond donors (Lipinski definition) is 0. The van der Waals surface area contributed by atoms with Gasteiger partial charge in [-0.3, -0.25) is 4.79 Å². The van der Waals surface area contributed by atoms with Gasteiger partial charge in [0.1, 0.15) is 22.9 Å². The Labute approximate surface area is 174 Å². The Kier molecular flexibility index (Phi) is 5.85. The molecule has 1 fully saturated rings. The summed E-state index contributed by atoms with van der Waals surface area (Å²) in [5.41, 5.74) is 1.88. The van der Waals surface area contributed by atoms with Crippen molar-refractivity contribution in [1.29, 1.82) is 0 Å². The molecular formula is C22H23N3O3S. The van der Waals surface area contributed by atoms with Crippen molar-refractivity contribution >= 4 is 28.6 Å². The SMILES string of the molecule is COc1ccc(OC)c([C@H]2CCCN2C(=O)CSc2ncnc3ccccc23)c1. The average molecular weight is 410 g/mol. The third-order valence-corrected chi connectivity index (χ3v) is 6.20. The van der Waals surface area contributed by atoms with Gasteiger partial charge in [0.15, 0.2) is 0 Å². The number of para-hydroxylation sites is 1. The molecule has 150 valence electrons. The molecule has 1 saturated heterocycles. The summed E-state index contributed by atoms with van der Waals surface area (Å²) in [4.78, 5) is 23.7. The number of benzene rings is 2. The topological polar surface area (TPSA) is 64.6 Å². The summed E-state index contributed by atoms with van der Waals surface area (Å²) in [7, 11) is 3.30. The van der Waals surface area contributed by atoms with Gasteiger partial charge in [-0.2, -0.15) is 0 Å². The molecule has 1 aliphatic rings. The fourth-order valence-corrected chi connectivity index (χ4v) is 4.67. The monoisotopic (exact) mass is 409 g/mol.